The molecule has 1 heterocycles. The molecule has 6 unspecified atom stereocenters. The Hall–Kier alpha value is -1.30. The minimum atomic E-state index is -1.59. The minimum absolute atomic E-state index is 0.209. The molecule has 10 nitrogen and oxygen atoms in total. The standard InChI is InChI=1S/C47H90O10/c1-3-5-7-9-11-13-14-15-16-17-18-19-20-21-22-23-24-25-26-28-30-32-34-36-43(50)56-40(39-55-47-46(53)45(52)44(51)41(37-48)57-47)38-54-42(49)35-33-31-29-27-12-10-8-6-4-2/h40-41,44-48,51-53H,3-39H2,1-2H3. The molecule has 1 saturated heterocycles. The first kappa shape index (κ1) is 53.7. The highest BCUT2D eigenvalue weighted by Gasteiger charge is 2.44. The molecule has 1 fully saturated rings. The van der Waals surface area contributed by atoms with E-state index in [0.717, 1.165) is 32.1 Å². The molecule has 1 aliphatic rings. The molecule has 0 aromatic rings. The van der Waals surface area contributed by atoms with Crippen molar-refractivity contribution in [1.82, 2.24) is 0 Å². The fourth-order valence-electron chi connectivity index (χ4n) is 7.66. The second kappa shape index (κ2) is 38.9. The van der Waals surface area contributed by atoms with E-state index >= 15 is 0 Å². The summed E-state index contributed by atoms with van der Waals surface area (Å²) < 4.78 is 22.1. The zero-order chi connectivity index (χ0) is 41.6. The number of carbonyl (C=O) groups excluding carboxylic acids is 2. The summed E-state index contributed by atoms with van der Waals surface area (Å²) in [5.41, 5.74) is 0. The summed E-state index contributed by atoms with van der Waals surface area (Å²) in [6.45, 7) is 3.43. The van der Waals surface area contributed by atoms with Gasteiger partial charge in [0.25, 0.3) is 0 Å². The Balaban J connectivity index is 2.20. The summed E-state index contributed by atoms with van der Waals surface area (Å²) in [6, 6.07) is 0. The number of carbonyl (C=O) groups is 2. The molecular formula is C47H90O10. The van der Waals surface area contributed by atoms with Crippen LogP contribution in [0.1, 0.15) is 232 Å². The molecule has 338 valence electrons. The highest BCUT2D eigenvalue weighted by atomic mass is 16.7. The van der Waals surface area contributed by atoms with Crippen LogP contribution in [0.2, 0.25) is 0 Å². The van der Waals surface area contributed by atoms with Crippen LogP contribution in [-0.2, 0) is 28.5 Å². The number of aliphatic hydroxyl groups is 4. The first-order chi connectivity index (χ1) is 27.8. The van der Waals surface area contributed by atoms with Crippen LogP contribution in [0.5, 0.6) is 0 Å². The van der Waals surface area contributed by atoms with Gasteiger partial charge in [-0.3, -0.25) is 9.59 Å². The average molecular weight is 815 g/mol. The lowest BCUT2D eigenvalue weighted by Gasteiger charge is -2.39. The lowest BCUT2D eigenvalue weighted by molar-refractivity contribution is -0.305. The highest BCUT2D eigenvalue weighted by Crippen LogP contribution is 2.23. The molecule has 10 heteroatoms. The molecule has 1 rings (SSSR count). The third-order valence-electron chi connectivity index (χ3n) is 11.5. The highest BCUT2D eigenvalue weighted by molar-refractivity contribution is 5.70. The molecule has 0 aliphatic carbocycles. The Morgan fingerprint density at radius 1 is 0.474 bits per heavy atom. The monoisotopic (exact) mass is 815 g/mol. The van der Waals surface area contributed by atoms with Crippen LogP contribution >= 0.6 is 0 Å². The van der Waals surface area contributed by atoms with Crippen LogP contribution < -0.4 is 0 Å². The maximum absolute atomic E-state index is 12.8. The van der Waals surface area contributed by atoms with E-state index in [1.807, 2.05) is 0 Å². The lowest BCUT2D eigenvalue weighted by Crippen LogP contribution is -2.59. The summed E-state index contributed by atoms with van der Waals surface area (Å²) in [5.74, 6) is -0.794. The second-order valence-corrected chi connectivity index (χ2v) is 16.9. The summed E-state index contributed by atoms with van der Waals surface area (Å²) in [6.07, 6.45) is 32.7. The van der Waals surface area contributed by atoms with Gasteiger partial charge in [-0.1, -0.05) is 206 Å². The van der Waals surface area contributed by atoms with E-state index in [2.05, 4.69) is 13.8 Å². The Labute approximate surface area is 348 Å². The van der Waals surface area contributed by atoms with Gasteiger partial charge in [0.1, 0.15) is 31.0 Å². The van der Waals surface area contributed by atoms with Crippen molar-refractivity contribution in [2.24, 2.45) is 0 Å². The fourth-order valence-corrected chi connectivity index (χ4v) is 7.66. The van der Waals surface area contributed by atoms with E-state index in [0.29, 0.717) is 6.42 Å². The largest absolute Gasteiger partial charge is 0.462 e. The van der Waals surface area contributed by atoms with E-state index in [1.165, 1.54) is 167 Å². The molecule has 6 atom stereocenters. The smallest absolute Gasteiger partial charge is 0.306 e. The van der Waals surface area contributed by atoms with Gasteiger partial charge in [-0.05, 0) is 12.8 Å². The molecule has 57 heavy (non-hydrogen) atoms. The number of unbranched alkanes of at least 4 members (excludes halogenated alkanes) is 30. The van der Waals surface area contributed by atoms with Crippen LogP contribution in [0.15, 0.2) is 0 Å². The van der Waals surface area contributed by atoms with Gasteiger partial charge >= 0.3 is 11.9 Å². The van der Waals surface area contributed by atoms with Gasteiger partial charge in [0.2, 0.25) is 0 Å². The molecule has 0 saturated carbocycles. The van der Waals surface area contributed by atoms with E-state index in [-0.39, 0.29) is 32.0 Å². The van der Waals surface area contributed by atoms with Crippen molar-refractivity contribution in [1.29, 1.82) is 0 Å². The lowest BCUT2D eigenvalue weighted by atomic mass is 9.99. The number of ether oxygens (including phenoxy) is 4. The predicted molar refractivity (Wildman–Crippen MR) is 229 cm³/mol. The summed E-state index contributed by atoms with van der Waals surface area (Å²) in [7, 11) is 0. The topological polar surface area (TPSA) is 152 Å². The molecule has 0 bridgehead atoms. The Morgan fingerprint density at radius 2 is 0.825 bits per heavy atom. The van der Waals surface area contributed by atoms with Gasteiger partial charge in [-0.15, -0.1) is 0 Å². The number of esters is 2. The van der Waals surface area contributed by atoms with Crippen molar-refractivity contribution < 1.29 is 49.0 Å². The quantitative estimate of drug-likeness (QED) is 0.0347. The van der Waals surface area contributed by atoms with Crippen molar-refractivity contribution >= 4 is 11.9 Å². The minimum Gasteiger partial charge on any atom is -0.462 e. The van der Waals surface area contributed by atoms with E-state index in [9.17, 15) is 30.0 Å². The van der Waals surface area contributed by atoms with Gasteiger partial charge in [-0.2, -0.15) is 0 Å². The number of hydrogen-bond donors (Lipinski definition) is 4. The zero-order valence-corrected chi connectivity index (χ0v) is 36.9. The van der Waals surface area contributed by atoms with Gasteiger partial charge in [0.05, 0.1) is 13.2 Å². The van der Waals surface area contributed by atoms with Crippen LogP contribution in [0.3, 0.4) is 0 Å². The molecular weight excluding hydrogens is 725 g/mol. The van der Waals surface area contributed by atoms with Crippen molar-refractivity contribution in [3.05, 3.63) is 0 Å². The van der Waals surface area contributed by atoms with Crippen LogP contribution in [-0.4, -0.2) is 89.0 Å². The molecule has 0 amide bonds. The van der Waals surface area contributed by atoms with Gasteiger partial charge in [0.15, 0.2) is 12.4 Å². The Morgan fingerprint density at radius 3 is 1.19 bits per heavy atom. The molecule has 0 aromatic carbocycles. The number of rotatable bonds is 41. The van der Waals surface area contributed by atoms with Crippen LogP contribution in [0.4, 0.5) is 0 Å². The third kappa shape index (κ3) is 30.4. The van der Waals surface area contributed by atoms with E-state index < -0.39 is 49.4 Å². The summed E-state index contributed by atoms with van der Waals surface area (Å²) >= 11 is 0. The maximum atomic E-state index is 12.8. The molecule has 0 radical (unpaired) electrons. The normalized spacial score (nSPS) is 20.1. The second-order valence-electron chi connectivity index (χ2n) is 16.9. The zero-order valence-electron chi connectivity index (χ0n) is 36.9. The molecule has 0 spiro atoms. The maximum Gasteiger partial charge on any atom is 0.306 e. The number of hydrogen-bond acceptors (Lipinski definition) is 10. The van der Waals surface area contributed by atoms with Crippen molar-refractivity contribution in [3.8, 4) is 0 Å². The van der Waals surface area contributed by atoms with Gasteiger partial charge in [-0.25, -0.2) is 0 Å². The fraction of sp³-hybridized carbons (Fsp3) is 0.957. The van der Waals surface area contributed by atoms with Crippen molar-refractivity contribution in [3.63, 3.8) is 0 Å². The third-order valence-corrected chi connectivity index (χ3v) is 11.5. The van der Waals surface area contributed by atoms with Gasteiger partial charge in [0, 0.05) is 12.8 Å². The predicted octanol–water partition coefficient (Wildman–Crippen LogP) is 10.6. The van der Waals surface area contributed by atoms with Crippen molar-refractivity contribution in [2.75, 3.05) is 19.8 Å². The molecule has 1 aliphatic heterocycles. The van der Waals surface area contributed by atoms with E-state index in [1.54, 1.807) is 0 Å². The number of aliphatic hydroxyl groups excluding tert-OH is 4. The first-order valence-corrected chi connectivity index (χ1v) is 24.1. The molecule has 4 N–H and O–H groups in total. The Bertz CT molecular complexity index is 901. The summed E-state index contributed by atoms with van der Waals surface area (Å²) in [4.78, 5) is 25.3. The average Bonchev–Trinajstić information content (AvgIpc) is 3.21. The van der Waals surface area contributed by atoms with Gasteiger partial charge < -0.3 is 39.4 Å². The van der Waals surface area contributed by atoms with Crippen LogP contribution in [0.25, 0.3) is 0 Å². The SMILES string of the molecule is CCCCCCCCCCCCCCCCCCCCCCCCCC(=O)OC(COC(=O)CCCCCCCCCCC)COC1OC(CO)C(O)C(O)C1O. The Kier molecular flexibility index (Phi) is 36.6. The summed E-state index contributed by atoms with van der Waals surface area (Å²) in [5, 5.41) is 40.0. The van der Waals surface area contributed by atoms with E-state index in [4.69, 9.17) is 18.9 Å². The van der Waals surface area contributed by atoms with Crippen LogP contribution in [0, 0.1) is 0 Å². The molecule has 0 aromatic heterocycles. The first-order valence-electron chi connectivity index (χ1n) is 24.1. The van der Waals surface area contributed by atoms with Crippen molar-refractivity contribution in [2.45, 2.75) is 269 Å².